The molecule has 0 heterocycles. The van der Waals surface area contributed by atoms with Crippen molar-refractivity contribution < 1.29 is 22.7 Å². The number of hydrogen-bond acceptors (Lipinski definition) is 6. The average molecular weight is 454 g/mol. The molecule has 0 aliphatic carbocycles. The van der Waals surface area contributed by atoms with Crippen LogP contribution in [0, 0.1) is 6.92 Å². The summed E-state index contributed by atoms with van der Waals surface area (Å²) in [6, 6.07) is 10.6. The molecule has 0 radical (unpaired) electrons. The van der Waals surface area contributed by atoms with Crippen molar-refractivity contribution in [3.63, 3.8) is 0 Å². The van der Waals surface area contributed by atoms with E-state index in [1.165, 1.54) is 49.1 Å². The number of thioether (sulfide) groups is 1. The Morgan fingerprint density at radius 2 is 1.80 bits per heavy atom. The fraction of sp³-hybridized carbons (Fsp3) is 0.409. The summed E-state index contributed by atoms with van der Waals surface area (Å²) in [5.74, 6) is 1.16. The Morgan fingerprint density at radius 3 is 2.33 bits per heavy atom. The fourth-order valence-electron chi connectivity index (χ4n) is 2.43. The van der Waals surface area contributed by atoms with E-state index in [2.05, 4.69) is 43.6 Å². The number of hydrogen-bond donors (Lipinski definition) is 1. The predicted molar refractivity (Wildman–Crippen MR) is 124 cm³/mol. The summed E-state index contributed by atoms with van der Waals surface area (Å²) in [7, 11) is -1.85. The van der Waals surface area contributed by atoms with Crippen molar-refractivity contribution in [1.29, 1.82) is 0 Å². The molecule has 1 amide bonds. The quantitative estimate of drug-likeness (QED) is 0.450. The van der Waals surface area contributed by atoms with Crippen LogP contribution in [-0.4, -0.2) is 40.6 Å². The summed E-state index contributed by atoms with van der Waals surface area (Å²) in [5.41, 5.74) is 1.63. The summed E-state index contributed by atoms with van der Waals surface area (Å²) in [6.07, 6.45) is 5.50. The molecule has 0 aromatic heterocycles. The second-order valence-electron chi connectivity index (χ2n) is 6.67. The van der Waals surface area contributed by atoms with Crippen LogP contribution in [0.15, 0.2) is 46.2 Å². The van der Waals surface area contributed by atoms with Crippen LogP contribution in [0.25, 0.3) is 0 Å². The molecule has 1 N–H and O–H groups in total. The molecule has 2 aromatic carbocycles. The van der Waals surface area contributed by atoms with Gasteiger partial charge in [0, 0.05) is 18.1 Å². The number of nitrogens with one attached hydrogen (secondary N) is 1. The number of anilines is 1. The van der Waals surface area contributed by atoms with Gasteiger partial charge in [-0.05, 0) is 55.5 Å². The number of methoxy groups -OCH3 is 1. The van der Waals surface area contributed by atoms with Crippen LogP contribution in [0.5, 0.6) is 11.5 Å². The van der Waals surface area contributed by atoms with Crippen LogP contribution < -0.4 is 14.8 Å². The molecule has 166 valence electrons. The lowest BCUT2D eigenvalue weighted by molar-refractivity contribution is -0.114. The van der Waals surface area contributed by atoms with Gasteiger partial charge in [0.15, 0.2) is 9.84 Å². The third-order valence-electron chi connectivity index (χ3n) is 3.98. The van der Waals surface area contributed by atoms with Gasteiger partial charge in [-0.2, -0.15) is 0 Å². The highest BCUT2D eigenvalue weighted by Crippen LogP contribution is 2.29. The van der Waals surface area contributed by atoms with Gasteiger partial charge in [-0.15, -0.1) is 11.8 Å². The Balaban J connectivity index is 0.000000303. The van der Waals surface area contributed by atoms with Crippen molar-refractivity contribution in [2.45, 2.75) is 43.4 Å². The van der Waals surface area contributed by atoms with Crippen LogP contribution in [0.4, 0.5) is 5.69 Å². The Morgan fingerprint density at radius 1 is 1.13 bits per heavy atom. The summed E-state index contributed by atoms with van der Waals surface area (Å²) in [4.78, 5) is 12.3. The maximum Gasteiger partial charge on any atom is 0.221 e. The van der Waals surface area contributed by atoms with Gasteiger partial charge in [0.2, 0.25) is 5.91 Å². The summed E-state index contributed by atoms with van der Waals surface area (Å²) < 4.78 is 33.3. The van der Waals surface area contributed by atoms with Crippen LogP contribution in [0.3, 0.4) is 0 Å². The molecule has 0 spiro atoms. The first-order valence-corrected chi connectivity index (χ1v) is 12.7. The number of rotatable bonds is 8. The van der Waals surface area contributed by atoms with Crippen molar-refractivity contribution in [3.8, 4) is 11.5 Å². The van der Waals surface area contributed by atoms with Gasteiger partial charge in [0.25, 0.3) is 0 Å². The number of benzene rings is 2. The highest BCUT2D eigenvalue weighted by molar-refractivity contribution is 7.98. The van der Waals surface area contributed by atoms with Gasteiger partial charge in [-0.25, -0.2) is 8.42 Å². The van der Waals surface area contributed by atoms with E-state index in [-0.39, 0.29) is 10.8 Å². The lowest BCUT2D eigenvalue weighted by atomic mass is 10.2. The first kappa shape index (κ1) is 25.8. The number of amides is 1. The molecular weight excluding hydrogens is 422 g/mol. The predicted octanol–water partition coefficient (Wildman–Crippen LogP) is 4.95. The normalized spacial score (nSPS) is 10.6. The third-order valence-corrected chi connectivity index (χ3v) is 5.85. The van der Waals surface area contributed by atoms with E-state index >= 15 is 0 Å². The molecule has 0 fully saturated rings. The fourth-order valence-corrected chi connectivity index (χ4v) is 3.70. The number of carbonyl (C=O) groups is 1. The zero-order valence-electron chi connectivity index (χ0n) is 18.4. The average Bonchev–Trinajstić information content (AvgIpc) is 2.68. The largest absolute Gasteiger partial charge is 0.495 e. The monoisotopic (exact) mass is 453 g/mol. The SMILES string of the molecule is CCCCOc1ccc(C)cc1SC.COc1ccc(S(C)(=O)=O)cc1NC(C)=O. The molecule has 2 aromatic rings. The van der Waals surface area contributed by atoms with Crippen LogP contribution in [0.1, 0.15) is 32.3 Å². The zero-order chi connectivity index (χ0) is 22.7. The van der Waals surface area contributed by atoms with Crippen molar-refractivity contribution >= 4 is 33.2 Å². The molecule has 0 saturated heterocycles. The number of aryl methyl sites for hydroxylation is 1. The van der Waals surface area contributed by atoms with Gasteiger partial charge in [-0.3, -0.25) is 4.79 Å². The first-order chi connectivity index (χ1) is 14.1. The van der Waals surface area contributed by atoms with E-state index in [1.807, 2.05) is 0 Å². The smallest absolute Gasteiger partial charge is 0.221 e. The van der Waals surface area contributed by atoms with Gasteiger partial charge in [-0.1, -0.05) is 19.4 Å². The molecule has 0 aliphatic rings. The van der Waals surface area contributed by atoms with Gasteiger partial charge in [0.05, 0.1) is 24.3 Å². The van der Waals surface area contributed by atoms with E-state index in [9.17, 15) is 13.2 Å². The second kappa shape index (κ2) is 12.5. The minimum absolute atomic E-state index is 0.136. The van der Waals surface area contributed by atoms with Crippen LogP contribution >= 0.6 is 11.8 Å². The van der Waals surface area contributed by atoms with E-state index in [0.29, 0.717) is 11.4 Å². The Kier molecular flexibility index (Phi) is 10.8. The van der Waals surface area contributed by atoms with E-state index in [4.69, 9.17) is 9.47 Å². The van der Waals surface area contributed by atoms with E-state index in [1.54, 1.807) is 11.8 Å². The Labute approximate surface area is 184 Å². The molecular formula is C22H31NO5S2. The summed E-state index contributed by atoms with van der Waals surface area (Å²) in [6.45, 7) is 6.45. The number of carbonyl (C=O) groups excluding carboxylic acids is 1. The van der Waals surface area contributed by atoms with Gasteiger partial charge >= 0.3 is 0 Å². The Hall–Kier alpha value is -2.19. The first-order valence-electron chi connectivity index (χ1n) is 9.55. The minimum atomic E-state index is -3.29. The zero-order valence-corrected chi connectivity index (χ0v) is 20.1. The van der Waals surface area contributed by atoms with E-state index in [0.717, 1.165) is 25.0 Å². The molecule has 6 nitrogen and oxygen atoms in total. The third kappa shape index (κ3) is 8.67. The van der Waals surface area contributed by atoms with Crippen LogP contribution in [0.2, 0.25) is 0 Å². The van der Waals surface area contributed by atoms with Crippen molar-refractivity contribution in [2.24, 2.45) is 0 Å². The summed E-state index contributed by atoms with van der Waals surface area (Å²) in [5, 5.41) is 2.51. The molecule has 8 heteroatoms. The number of sulfone groups is 1. The maximum atomic E-state index is 11.3. The molecule has 0 unspecified atom stereocenters. The van der Waals surface area contributed by atoms with Crippen molar-refractivity contribution in [3.05, 3.63) is 42.0 Å². The topological polar surface area (TPSA) is 81.7 Å². The van der Waals surface area contributed by atoms with Gasteiger partial charge in [0.1, 0.15) is 11.5 Å². The number of unbranched alkanes of at least 4 members (excludes halogenated alkanes) is 1. The summed E-state index contributed by atoms with van der Waals surface area (Å²) >= 11 is 1.74. The van der Waals surface area contributed by atoms with E-state index < -0.39 is 9.84 Å². The number of ether oxygens (including phenoxy) is 2. The standard InChI is InChI=1S/C12H18OS.C10H13NO4S/c1-4-5-8-13-11-7-6-10(2)9-12(11)14-3;1-7(12)11-9-6-8(16(3,13)14)4-5-10(9)15-2/h6-7,9H,4-5,8H2,1-3H3;4-6H,1-3H3,(H,11,12). The molecule has 0 atom stereocenters. The molecule has 0 saturated carbocycles. The molecule has 0 bridgehead atoms. The second-order valence-corrected chi connectivity index (χ2v) is 9.54. The van der Waals surface area contributed by atoms with Crippen molar-refractivity contribution in [1.82, 2.24) is 0 Å². The lowest BCUT2D eigenvalue weighted by Crippen LogP contribution is -2.08. The van der Waals surface area contributed by atoms with Crippen molar-refractivity contribution in [2.75, 3.05) is 31.5 Å². The highest BCUT2D eigenvalue weighted by Gasteiger charge is 2.12. The maximum absolute atomic E-state index is 11.3. The Bertz CT molecular complexity index is 943. The minimum Gasteiger partial charge on any atom is -0.495 e. The molecule has 0 aliphatic heterocycles. The highest BCUT2D eigenvalue weighted by atomic mass is 32.2. The molecule has 2 rings (SSSR count). The lowest BCUT2D eigenvalue weighted by Gasteiger charge is -2.10. The van der Waals surface area contributed by atoms with Crippen LogP contribution in [-0.2, 0) is 14.6 Å². The van der Waals surface area contributed by atoms with Gasteiger partial charge < -0.3 is 14.8 Å². The molecule has 30 heavy (non-hydrogen) atoms.